The summed E-state index contributed by atoms with van der Waals surface area (Å²) in [6.45, 7) is 0.250. The monoisotopic (exact) mass is 367 g/mol. The summed E-state index contributed by atoms with van der Waals surface area (Å²) < 4.78 is 5.00. The van der Waals surface area contributed by atoms with Crippen LogP contribution >= 0.6 is 11.3 Å². The lowest BCUT2D eigenvalue weighted by Crippen LogP contribution is -2.21. The highest BCUT2D eigenvalue weighted by Crippen LogP contribution is 2.17. The van der Waals surface area contributed by atoms with Crippen LogP contribution in [0.25, 0.3) is 0 Å². The number of anilines is 2. The number of nitrogens with zero attached hydrogens (tertiary/aromatic N) is 1. The van der Waals surface area contributed by atoms with Crippen molar-refractivity contribution in [2.24, 2.45) is 0 Å². The molecule has 0 radical (unpaired) electrons. The van der Waals surface area contributed by atoms with Crippen molar-refractivity contribution in [2.45, 2.75) is 6.54 Å². The Morgan fingerprint density at radius 1 is 1.00 bits per heavy atom. The Kier molecular flexibility index (Phi) is 5.95. The molecule has 0 saturated carbocycles. The second-order valence-electron chi connectivity index (χ2n) is 5.37. The van der Waals surface area contributed by atoms with Crippen LogP contribution in [-0.4, -0.2) is 23.5 Å². The van der Waals surface area contributed by atoms with E-state index in [-0.39, 0.29) is 12.3 Å². The van der Waals surface area contributed by atoms with Crippen LogP contribution in [0.4, 0.5) is 10.8 Å². The largest absolute Gasteiger partial charge is 0.451 e. The summed E-state index contributed by atoms with van der Waals surface area (Å²) >= 11 is 1.31. The molecule has 6 nitrogen and oxygen atoms in total. The molecule has 0 unspecified atom stereocenters. The summed E-state index contributed by atoms with van der Waals surface area (Å²) in [6, 6.07) is 18.8. The zero-order valence-electron chi connectivity index (χ0n) is 13.8. The van der Waals surface area contributed by atoms with Gasteiger partial charge in [0.05, 0.1) is 0 Å². The molecule has 7 heteroatoms. The maximum Gasteiger partial charge on any atom is 0.358 e. The first kappa shape index (κ1) is 17.6. The van der Waals surface area contributed by atoms with Gasteiger partial charge in [-0.15, -0.1) is 11.3 Å². The molecule has 0 aliphatic rings. The smallest absolute Gasteiger partial charge is 0.358 e. The average molecular weight is 367 g/mol. The van der Waals surface area contributed by atoms with E-state index in [1.807, 2.05) is 36.4 Å². The number of rotatable bonds is 7. The number of para-hydroxylation sites is 1. The van der Waals surface area contributed by atoms with Crippen LogP contribution in [0.5, 0.6) is 0 Å². The normalized spacial score (nSPS) is 10.2. The van der Waals surface area contributed by atoms with E-state index in [1.165, 1.54) is 11.3 Å². The van der Waals surface area contributed by atoms with Crippen LogP contribution in [0.15, 0.2) is 66.0 Å². The van der Waals surface area contributed by atoms with Gasteiger partial charge in [0.15, 0.2) is 17.4 Å². The summed E-state index contributed by atoms with van der Waals surface area (Å²) in [5, 5.41) is 8.02. The van der Waals surface area contributed by atoms with Crippen molar-refractivity contribution in [1.82, 2.24) is 4.98 Å². The number of hydrogen-bond donors (Lipinski definition) is 2. The van der Waals surface area contributed by atoms with Crippen molar-refractivity contribution >= 4 is 34.0 Å². The van der Waals surface area contributed by atoms with Crippen LogP contribution < -0.4 is 10.6 Å². The van der Waals surface area contributed by atoms with Gasteiger partial charge in [-0.3, -0.25) is 4.79 Å². The Morgan fingerprint density at radius 2 is 1.69 bits per heavy atom. The number of nitrogens with one attached hydrogen (secondary N) is 2. The first-order valence-electron chi connectivity index (χ1n) is 7.96. The zero-order chi connectivity index (χ0) is 18.2. The second kappa shape index (κ2) is 8.77. The third-order valence-electron chi connectivity index (χ3n) is 3.39. The highest BCUT2D eigenvalue weighted by molar-refractivity contribution is 7.13. The molecule has 0 fully saturated rings. The predicted octanol–water partition coefficient (Wildman–Crippen LogP) is 3.55. The molecule has 132 valence electrons. The lowest BCUT2D eigenvalue weighted by atomic mass is 10.2. The van der Waals surface area contributed by atoms with E-state index in [0.717, 1.165) is 5.56 Å². The summed E-state index contributed by atoms with van der Waals surface area (Å²) in [5.74, 6) is -1.03. The summed E-state index contributed by atoms with van der Waals surface area (Å²) in [5.41, 5.74) is 1.94. The average Bonchev–Trinajstić information content (AvgIpc) is 3.15. The van der Waals surface area contributed by atoms with Gasteiger partial charge in [-0.1, -0.05) is 48.5 Å². The van der Waals surface area contributed by atoms with E-state index in [9.17, 15) is 9.59 Å². The predicted molar refractivity (Wildman–Crippen MR) is 101 cm³/mol. The van der Waals surface area contributed by atoms with Gasteiger partial charge in [0.25, 0.3) is 5.91 Å². The van der Waals surface area contributed by atoms with Crippen LogP contribution in [0.2, 0.25) is 0 Å². The Balaban J connectivity index is 1.46. The highest BCUT2D eigenvalue weighted by Gasteiger charge is 2.14. The standard InChI is InChI=1S/C19H17N3O3S/c23-17(21-15-9-5-2-6-10-15)12-25-18(24)16-13-26-19(22-16)20-11-14-7-3-1-4-8-14/h1-10,13H,11-12H2,(H,20,22)(H,21,23). The minimum Gasteiger partial charge on any atom is -0.451 e. The molecule has 2 N–H and O–H groups in total. The third-order valence-corrected chi connectivity index (χ3v) is 4.19. The van der Waals surface area contributed by atoms with Crippen molar-refractivity contribution in [3.8, 4) is 0 Å². The van der Waals surface area contributed by atoms with Crippen molar-refractivity contribution in [2.75, 3.05) is 17.2 Å². The van der Waals surface area contributed by atoms with Gasteiger partial charge in [0, 0.05) is 17.6 Å². The molecule has 0 saturated heterocycles. The van der Waals surface area contributed by atoms with E-state index < -0.39 is 11.9 Å². The Labute approximate surface area is 154 Å². The zero-order valence-corrected chi connectivity index (χ0v) is 14.7. The molecular formula is C19H17N3O3S. The number of ether oxygens (including phenoxy) is 1. The molecule has 2 aromatic carbocycles. The number of aromatic nitrogens is 1. The van der Waals surface area contributed by atoms with Gasteiger partial charge in [-0.2, -0.15) is 0 Å². The lowest BCUT2D eigenvalue weighted by molar-refractivity contribution is -0.119. The van der Waals surface area contributed by atoms with Gasteiger partial charge in [0.2, 0.25) is 0 Å². The van der Waals surface area contributed by atoms with Crippen molar-refractivity contribution in [3.63, 3.8) is 0 Å². The Hall–Kier alpha value is -3.19. The van der Waals surface area contributed by atoms with Crippen molar-refractivity contribution in [3.05, 3.63) is 77.3 Å². The first-order chi connectivity index (χ1) is 12.7. The fraction of sp³-hybridized carbons (Fsp3) is 0.105. The summed E-state index contributed by atoms with van der Waals surface area (Å²) in [7, 11) is 0. The lowest BCUT2D eigenvalue weighted by Gasteiger charge is -2.05. The molecule has 0 aliphatic heterocycles. The first-order valence-corrected chi connectivity index (χ1v) is 8.84. The second-order valence-corrected chi connectivity index (χ2v) is 6.23. The molecule has 3 rings (SSSR count). The van der Waals surface area contributed by atoms with E-state index in [1.54, 1.807) is 29.6 Å². The molecule has 0 aliphatic carbocycles. The molecule has 1 amide bonds. The Morgan fingerprint density at radius 3 is 2.42 bits per heavy atom. The molecule has 3 aromatic rings. The van der Waals surface area contributed by atoms with Gasteiger partial charge in [0.1, 0.15) is 0 Å². The maximum absolute atomic E-state index is 12.0. The number of esters is 1. The molecular weight excluding hydrogens is 350 g/mol. The molecule has 0 atom stereocenters. The minimum atomic E-state index is -0.628. The topological polar surface area (TPSA) is 80.3 Å². The number of carbonyl (C=O) groups is 2. The highest BCUT2D eigenvalue weighted by atomic mass is 32.1. The number of benzene rings is 2. The number of hydrogen-bond acceptors (Lipinski definition) is 6. The van der Waals surface area contributed by atoms with Gasteiger partial charge in [-0.25, -0.2) is 9.78 Å². The number of carbonyl (C=O) groups excluding carboxylic acids is 2. The van der Waals surface area contributed by atoms with Crippen molar-refractivity contribution < 1.29 is 14.3 Å². The molecule has 1 aromatic heterocycles. The fourth-order valence-electron chi connectivity index (χ4n) is 2.15. The number of thiazole rings is 1. The Bertz CT molecular complexity index is 866. The van der Waals surface area contributed by atoms with E-state index in [4.69, 9.17) is 4.74 Å². The maximum atomic E-state index is 12.0. The molecule has 1 heterocycles. The molecule has 0 spiro atoms. The molecule has 26 heavy (non-hydrogen) atoms. The van der Waals surface area contributed by atoms with E-state index in [0.29, 0.717) is 17.4 Å². The van der Waals surface area contributed by atoms with E-state index in [2.05, 4.69) is 15.6 Å². The minimum absolute atomic E-state index is 0.179. The SMILES string of the molecule is O=C(COC(=O)c1csc(NCc2ccccc2)n1)Nc1ccccc1. The third kappa shape index (κ3) is 5.15. The van der Waals surface area contributed by atoms with Crippen LogP contribution in [0, 0.1) is 0 Å². The van der Waals surface area contributed by atoms with Crippen LogP contribution in [-0.2, 0) is 16.1 Å². The van der Waals surface area contributed by atoms with Crippen molar-refractivity contribution in [1.29, 1.82) is 0 Å². The fourth-order valence-corrected chi connectivity index (χ4v) is 2.82. The van der Waals surface area contributed by atoms with Gasteiger partial charge in [-0.05, 0) is 17.7 Å². The van der Waals surface area contributed by atoms with Crippen LogP contribution in [0.1, 0.15) is 16.1 Å². The van der Waals surface area contributed by atoms with Gasteiger partial charge < -0.3 is 15.4 Å². The number of amides is 1. The van der Waals surface area contributed by atoms with E-state index >= 15 is 0 Å². The van der Waals surface area contributed by atoms with Gasteiger partial charge >= 0.3 is 5.97 Å². The summed E-state index contributed by atoms with van der Waals surface area (Å²) in [6.07, 6.45) is 0. The van der Waals surface area contributed by atoms with Crippen LogP contribution in [0.3, 0.4) is 0 Å². The molecule has 0 bridgehead atoms. The quantitative estimate of drug-likeness (QED) is 0.624. The summed E-state index contributed by atoms with van der Waals surface area (Å²) in [4.78, 5) is 28.0.